The summed E-state index contributed by atoms with van der Waals surface area (Å²) in [5, 5.41) is 14.1. The second-order valence-corrected chi connectivity index (χ2v) is 1.86. The molecule has 0 aliphatic carbocycles. The molecule has 0 fully saturated rings. The van der Waals surface area contributed by atoms with Crippen LogP contribution in [0.1, 0.15) is 6.92 Å². The van der Waals surface area contributed by atoms with Crippen molar-refractivity contribution in [2.24, 2.45) is 0 Å². The van der Waals surface area contributed by atoms with Crippen molar-refractivity contribution in [2.45, 2.75) is 6.92 Å². The molecule has 0 unspecified atom stereocenters. The Hall–Kier alpha value is 2.05. The van der Waals surface area contributed by atoms with Crippen molar-refractivity contribution in [2.75, 3.05) is 33.6 Å². The van der Waals surface area contributed by atoms with E-state index >= 15 is 0 Å². The van der Waals surface area contributed by atoms with Gasteiger partial charge in [0.05, 0.1) is 0 Å². The van der Waals surface area contributed by atoms with Gasteiger partial charge in [-0.05, 0) is 13.6 Å². The van der Waals surface area contributed by atoms with Crippen molar-refractivity contribution in [3.63, 3.8) is 0 Å². The largest absolute Gasteiger partial charge is 0.668 e. The van der Waals surface area contributed by atoms with Crippen LogP contribution >= 0.6 is 0 Å². The van der Waals surface area contributed by atoms with Crippen molar-refractivity contribution in [3.8, 4) is 0 Å². The summed E-state index contributed by atoms with van der Waals surface area (Å²) in [5.74, 6) is 0. The minimum absolute atomic E-state index is 0. The van der Waals surface area contributed by atoms with Gasteiger partial charge in [-0.3, -0.25) is 6.67 Å². The standard InChI is InChI=1S/C6H16N4.2Y/c1-3-8-5-10-6-9-4-7-2;;/h7-8H,3-6H2,1-2H3;;/q-2;;. The average molecular weight is 322 g/mol. The molecule has 0 saturated carbocycles. The molecule has 0 aromatic rings. The SMILES string of the molecule is CCNC[N-]C[N-]CNC.[Y].[Y]. The molecule has 2 radical (unpaired) electrons. The summed E-state index contributed by atoms with van der Waals surface area (Å²) < 4.78 is 0. The van der Waals surface area contributed by atoms with Gasteiger partial charge in [0.1, 0.15) is 0 Å². The van der Waals surface area contributed by atoms with Crippen molar-refractivity contribution >= 4 is 0 Å². The first-order valence-corrected chi connectivity index (χ1v) is 3.53. The summed E-state index contributed by atoms with van der Waals surface area (Å²) in [4.78, 5) is 0. The number of hydrogen-bond acceptors (Lipinski definition) is 2. The van der Waals surface area contributed by atoms with Crippen LogP contribution in [-0.2, 0) is 65.4 Å². The summed E-state index contributed by atoms with van der Waals surface area (Å²) in [6, 6.07) is 0. The van der Waals surface area contributed by atoms with Gasteiger partial charge in [0.15, 0.2) is 0 Å². The Morgan fingerprint density at radius 2 is 1.67 bits per heavy atom. The third-order valence-corrected chi connectivity index (χ3v) is 0.944. The predicted molar refractivity (Wildman–Crippen MR) is 44.1 cm³/mol. The molecule has 0 spiro atoms. The van der Waals surface area contributed by atoms with E-state index in [2.05, 4.69) is 28.2 Å². The molecule has 0 atom stereocenters. The van der Waals surface area contributed by atoms with Gasteiger partial charge in [-0.2, -0.15) is 0 Å². The van der Waals surface area contributed by atoms with Crippen LogP contribution in [0, 0.1) is 0 Å². The van der Waals surface area contributed by atoms with Gasteiger partial charge in [-0.1, -0.05) is 20.3 Å². The molecule has 0 aliphatic heterocycles. The molecule has 2 N–H and O–H groups in total. The minimum atomic E-state index is 0. The number of nitrogens with zero attached hydrogens (tertiary/aromatic N) is 2. The molecule has 4 nitrogen and oxygen atoms in total. The van der Waals surface area contributed by atoms with Gasteiger partial charge < -0.3 is 21.3 Å². The maximum absolute atomic E-state index is 4.08. The van der Waals surface area contributed by atoms with E-state index in [1.165, 1.54) is 0 Å². The maximum atomic E-state index is 4.08. The van der Waals surface area contributed by atoms with Crippen LogP contribution in [0.4, 0.5) is 0 Å². The Bertz CT molecular complexity index is 57.5. The summed E-state index contributed by atoms with van der Waals surface area (Å²) in [6.45, 7) is 5.02. The van der Waals surface area contributed by atoms with Crippen LogP contribution in [0.2, 0.25) is 0 Å². The molecule has 0 saturated heterocycles. The number of hydrogen-bond donors (Lipinski definition) is 2. The van der Waals surface area contributed by atoms with E-state index in [0.29, 0.717) is 20.0 Å². The second-order valence-electron chi connectivity index (χ2n) is 1.86. The zero-order valence-electron chi connectivity index (χ0n) is 7.88. The molecule has 6 heteroatoms. The van der Waals surface area contributed by atoms with Gasteiger partial charge in [0.25, 0.3) is 0 Å². The smallest absolute Gasteiger partial charge is 0 e. The van der Waals surface area contributed by atoms with Crippen LogP contribution in [0.25, 0.3) is 10.6 Å². The molecular formula is C6H16N4Y2-2. The number of rotatable bonds is 7. The van der Waals surface area contributed by atoms with Crippen LogP contribution < -0.4 is 10.6 Å². The van der Waals surface area contributed by atoms with Gasteiger partial charge in [0, 0.05) is 65.4 Å². The van der Waals surface area contributed by atoms with Gasteiger partial charge >= 0.3 is 0 Å². The molecule has 0 aromatic heterocycles. The van der Waals surface area contributed by atoms with Crippen LogP contribution in [0.15, 0.2) is 0 Å². The quantitative estimate of drug-likeness (QED) is 0.668. The Balaban J connectivity index is -0.000000405. The Morgan fingerprint density at radius 1 is 1.08 bits per heavy atom. The van der Waals surface area contributed by atoms with Gasteiger partial charge in [-0.15, -0.1) is 0 Å². The van der Waals surface area contributed by atoms with Crippen molar-refractivity contribution in [1.29, 1.82) is 0 Å². The first-order valence-electron chi connectivity index (χ1n) is 3.53. The van der Waals surface area contributed by atoms with E-state index in [4.69, 9.17) is 0 Å². The molecule has 0 amide bonds. The summed E-state index contributed by atoms with van der Waals surface area (Å²) in [7, 11) is 1.87. The van der Waals surface area contributed by atoms with E-state index in [9.17, 15) is 0 Å². The van der Waals surface area contributed by atoms with Crippen LogP contribution in [0.3, 0.4) is 0 Å². The Morgan fingerprint density at radius 3 is 2.17 bits per heavy atom. The number of nitrogens with one attached hydrogen (secondary N) is 2. The minimum Gasteiger partial charge on any atom is -0.668 e. The van der Waals surface area contributed by atoms with E-state index in [1.54, 1.807) is 0 Å². The average Bonchev–Trinajstić information content (AvgIpc) is 1.97. The van der Waals surface area contributed by atoms with E-state index < -0.39 is 0 Å². The van der Waals surface area contributed by atoms with Gasteiger partial charge in [-0.25, -0.2) is 0 Å². The third-order valence-electron chi connectivity index (χ3n) is 0.944. The first-order chi connectivity index (χ1) is 4.91. The zero-order valence-corrected chi connectivity index (χ0v) is 13.6. The van der Waals surface area contributed by atoms with Crippen molar-refractivity contribution in [1.82, 2.24) is 10.6 Å². The van der Waals surface area contributed by atoms with E-state index in [-0.39, 0.29) is 65.4 Å². The summed E-state index contributed by atoms with van der Waals surface area (Å²) in [6.07, 6.45) is 0. The molecule has 12 heavy (non-hydrogen) atoms. The maximum Gasteiger partial charge on any atom is 0 e. The molecule has 0 heterocycles. The molecular weight excluding hydrogens is 306 g/mol. The fourth-order valence-corrected chi connectivity index (χ4v) is 0.473. The fraction of sp³-hybridized carbons (Fsp3) is 1.00. The van der Waals surface area contributed by atoms with Crippen LogP contribution in [-0.4, -0.2) is 33.6 Å². The molecule has 0 bridgehead atoms. The monoisotopic (exact) mass is 322 g/mol. The van der Waals surface area contributed by atoms with E-state index in [1.807, 2.05) is 7.05 Å². The van der Waals surface area contributed by atoms with E-state index in [0.717, 1.165) is 6.54 Å². The third kappa shape index (κ3) is 18.0. The normalized spacial score (nSPS) is 8.50. The fourth-order valence-electron chi connectivity index (χ4n) is 0.473. The molecule has 0 rings (SSSR count). The topological polar surface area (TPSA) is 52.3 Å². The molecule has 0 aliphatic rings. The molecule has 0 aromatic carbocycles. The summed E-state index contributed by atoms with van der Waals surface area (Å²) in [5.41, 5.74) is 0. The predicted octanol–water partition coefficient (Wildman–Crippen LogP) is 0.430. The zero-order chi connectivity index (χ0) is 7.66. The van der Waals surface area contributed by atoms with Gasteiger partial charge in [0.2, 0.25) is 0 Å². The van der Waals surface area contributed by atoms with Crippen molar-refractivity contribution < 1.29 is 65.4 Å². The molecule has 68 valence electrons. The van der Waals surface area contributed by atoms with Crippen molar-refractivity contribution in [3.05, 3.63) is 10.6 Å². The first kappa shape index (κ1) is 19.6. The van der Waals surface area contributed by atoms with Crippen LogP contribution in [0.5, 0.6) is 0 Å². The second kappa shape index (κ2) is 18.8. The summed E-state index contributed by atoms with van der Waals surface area (Å²) >= 11 is 0. The Labute approximate surface area is 126 Å². The Kier molecular flexibility index (Phi) is 30.6.